The van der Waals surface area contributed by atoms with E-state index in [1.165, 1.54) is 61.0 Å². The summed E-state index contributed by atoms with van der Waals surface area (Å²) in [6, 6.07) is 13.1. The second-order valence-corrected chi connectivity index (χ2v) is 10.9. The first-order valence-corrected chi connectivity index (χ1v) is 13.8. The van der Waals surface area contributed by atoms with Crippen molar-refractivity contribution in [3.63, 3.8) is 0 Å². The van der Waals surface area contributed by atoms with Gasteiger partial charge >= 0.3 is 0 Å². The number of nitrogens with zero attached hydrogens (tertiary/aromatic N) is 4. The third kappa shape index (κ3) is 4.94. The molecule has 0 bridgehead atoms. The van der Waals surface area contributed by atoms with Gasteiger partial charge in [0.15, 0.2) is 12.5 Å². The molecule has 4 aliphatic heterocycles. The van der Waals surface area contributed by atoms with Crippen molar-refractivity contribution < 1.29 is 9.47 Å². The predicted molar refractivity (Wildman–Crippen MR) is 146 cm³/mol. The van der Waals surface area contributed by atoms with E-state index >= 15 is 0 Å². The molecule has 2 atom stereocenters. The molecular weight excluding hydrogens is 448 g/mol. The van der Waals surface area contributed by atoms with Crippen LogP contribution in [-0.2, 0) is 0 Å². The SMILES string of the molecule is Cc1ccc2c(c1)N(CN1CCCCC1)C(C=CC1Oc3ccc(C)cc3N1CN1CCCCC1)O2. The van der Waals surface area contributed by atoms with Gasteiger partial charge in [0, 0.05) is 0 Å². The molecule has 2 aromatic rings. The average molecular weight is 489 g/mol. The van der Waals surface area contributed by atoms with Crippen LogP contribution in [0.3, 0.4) is 0 Å². The maximum absolute atomic E-state index is 6.49. The highest BCUT2D eigenvalue weighted by Gasteiger charge is 2.34. The molecule has 0 aromatic heterocycles. The number of fused-ring (bicyclic) bond motifs is 2. The zero-order chi connectivity index (χ0) is 24.5. The number of hydrogen-bond acceptors (Lipinski definition) is 6. The van der Waals surface area contributed by atoms with Gasteiger partial charge in [0.1, 0.15) is 11.5 Å². The average Bonchev–Trinajstić information content (AvgIpc) is 3.41. The Kier molecular flexibility index (Phi) is 6.81. The minimum absolute atomic E-state index is 0.130. The standard InChI is InChI=1S/C30H40N4O2/c1-23-9-11-27-25(19-23)33(21-31-15-5-3-6-16-31)29(35-27)13-14-30-34(22-32-17-7-4-8-18-32)26-20-24(2)10-12-28(26)36-30/h9-14,19-20,29-30H,3-8,15-18,21-22H2,1-2H3. The van der Waals surface area contributed by atoms with Crippen LogP contribution in [-0.4, -0.2) is 61.8 Å². The Labute approximate surface area is 216 Å². The van der Waals surface area contributed by atoms with Crippen molar-refractivity contribution in [2.24, 2.45) is 0 Å². The molecule has 2 unspecified atom stereocenters. The van der Waals surface area contributed by atoms with E-state index in [2.05, 4.69) is 82.0 Å². The van der Waals surface area contributed by atoms with Gasteiger partial charge in [-0.1, -0.05) is 25.0 Å². The number of rotatable bonds is 6. The Morgan fingerprint density at radius 2 is 1.06 bits per heavy atom. The van der Waals surface area contributed by atoms with Crippen molar-refractivity contribution in [1.29, 1.82) is 0 Å². The first-order chi connectivity index (χ1) is 17.6. The second-order valence-electron chi connectivity index (χ2n) is 10.9. The van der Waals surface area contributed by atoms with Crippen molar-refractivity contribution in [3.8, 4) is 11.5 Å². The molecule has 2 aromatic carbocycles. The molecule has 0 aliphatic carbocycles. The smallest absolute Gasteiger partial charge is 0.193 e. The van der Waals surface area contributed by atoms with Crippen LogP contribution in [0.4, 0.5) is 11.4 Å². The number of likely N-dealkylation sites (tertiary alicyclic amines) is 2. The predicted octanol–water partition coefficient (Wildman–Crippen LogP) is 5.50. The van der Waals surface area contributed by atoms with Crippen LogP contribution >= 0.6 is 0 Å². The highest BCUT2D eigenvalue weighted by Crippen LogP contribution is 2.41. The summed E-state index contributed by atoms with van der Waals surface area (Å²) in [5.41, 5.74) is 4.94. The molecule has 0 radical (unpaired) electrons. The van der Waals surface area contributed by atoms with Gasteiger partial charge in [0.25, 0.3) is 0 Å². The van der Waals surface area contributed by atoms with Crippen molar-refractivity contribution in [1.82, 2.24) is 9.80 Å². The highest BCUT2D eigenvalue weighted by molar-refractivity contribution is 5.66. The number of anilines is 2. The minimum Gasteiger partial charge on any atom is -0.465 e. The molecular formula is C30H40N4O2. The normalized spacial score (nSPS) is 24.6. The van der Waals surface area contributed by atoms with Crippen molar-refractivity contribution in [3.05, 3.63) is 59.7 Å². The molecule has 6 rings (SSSR count). The monoisotopic (exact) mass is 488 g/mol. The Morgan fingerprint density at radius 1 is 0.639 bits per heavy atom. The van der Waals surface area contributed by atoms with Crippen LogP contribution in [0.15, 0.2) is 48.6 Å². The van der Waals surface area contributed by atoms with Crippen LogP contribution < -0.4 is 19.3 Å². The van der Waals surface area contributed by atoms with E-state index in [0.717, 1.165) is 51.0 Å². The van der Waals surface area contributed by atoms with Gasteiger partial charge in [0.2, 0.25) is 0 Å². The summed E-state index contributed by atoms with van der Waals surface area (Å²) in [6.07, 6.45) is 12.0. The summed E-state index contributed by atoms with van der Waals surface area (Å²) in [6.45, 7) is 10.8. The largest absolute Gasteiger partial charge is 0.465 e. The molecule has 0 amide bonds. The van der Waals surface area contributed by atoms with E-state index in [-0.39, 0.29) is 12.5 Å². The topological polar surface area (TPSA) is 31.4 Å². The lowest BCUT2D eigenvalue weighted by Crippen LogP contribution is -2.46. The minimum atomic E-state index is -0.130. The molecule has 0 saturated carbocycles. The van der Waals surface area contributed by atoms with Gasteiger partial charge in [-0.15, -0.1) is 0 Å². The third-order valence-electron chi connectivity index (χ3n) is 8.00. The molecule has 2 fully saturated rings. The van der Waals surface area contributed by atoms with Gasteiger partial charge in [-0.2, -0.15) is 0 Å². The van der Waals surface area contributed by atoms with Gasteiger partial charge < -0.3 is 19.3 Å². The van der Waals surface area contributed by atoms with E-state index in [1.807, 2.05) is 0 Å². The molecule has 6 heteroatoms. The maximum Gasteiger partial charge on any atom is 0.193 e. The van der Waals surface area contributed by atoms with Crippen LogP contribution in [0.25, 0.3) is 0 Å². The fourth-order valence-electron chi connectivity index (χ4n) is 5.99. The number of ether oxygens (including phenoxy) is 2. The Hall–Kier alpha value is -2.70. The summed E-state index contributed by atoms with van der Waals surface area (Å²) in [4.78, 5) is 9.98. The number of piperidine rings is 2. The molecule has 4 aliphatic rings. The zero-order valence-electron chi connectivity index (χ0n) is 21.9. The van der Waals surface area contributed by atoms with Crippen molar-refractivity contribution >= 4 is 11.4 Å². The lowest BCUT2D eigenvalue weighted by Gasteiger charge is -2.34. The molecule has 6 nitrogen and oxygen atoms in total. The Morgan fingerprint density at radius 3 is 1.47 bits per heavy atom. The van der Waals surface area contributed by atoms with Crippen LogP contribution in [0, 0.1) is 13.8 Å². The Bertz CT molecular complexity index is 1000. The summed E-state index contributed by atoms with van der Waals surface area (Å²) in [5, 5.41) is 0. The molecule has 0 spiro atoms. The Balaban J connectivity index is 1.24. The van der Waals surface area contributed by atoms with E-state index in [0.29, 0.717) is 0 Å². The first-order valence-electron chi connectivity index (χ1n) is 13.8. The highest BCUT2D eigenvalue weighted by atomic mass is 16.5. The fraction of sp³-hybridized carbons (Fsp3) is 0.533. The zero-order valence-corrected chi connectivity index (χ0v) is 21.9. The van der Waals surface area contributed by atoms with Crippen LogP contribution in [0.2, 0.25) is 0 Å². The first kappa shape index (κ1) is 23.7. The summed E-state index contributed by atoms with van der Waals surface area (Å²) >= 11 is 0. The summed E-state index contributed by atoms with van der Waals surface area (Å²) in [5.74, 6) is 1.95. The van der Waals surface area contributed by atoms with Crippen LogP contribution in [0.1, 0.15) is 49.7 Å². The van der Waals surface area contributed by atoms with E-state index in [4.69, 9.17) is 9.47 Å². The van der Waals surface area contributed by atoms with Gasteiger partial charge in [-0.25, -0.2) is 0 Å². The number of hydrogen-bond donors (Lipinski definition) is 0. The lowest BCUT2D eigenvalue weighted by atomic mass is 10.1. The van der Waals surface area contributed by atoms with E-state index in [1.54, 1.807) is 0 Å². The second kappa shape index (κ2) is 10.3. The fourth-order valence-corrected chi connectivity index (χ4v) is 5.99. The molecule has 0 N–H and O–H groups in total. The van der Waals surface area contributed by atoms with Gasteiger partial charge in [-0.05, 0) is 113 Å². The van der Waals surface area contributed by atoms with Gasteiger partial charge in [-0.3, -0.25) is 9.80 Å². The van der Waals surface area contributed by atoms with E-state index < -0.39 is 0 Å². The van der Waals surface area contributed by atoms with Crippen molar-refractivity contribution in [2.75, 3.05) is 49.3 Å². The third-order valence-corrected chi connectivity index (χ3v) is 8.00. The molecule has 2 saturated heterocycles. The van der Waals surface area contributed by atoms with Crippen LogP contribution in [0.5, 0.6) is 11.5 Å². The number of aryl methyl sites for hydroxylation is 2. The van der Waals surface area contributed by atoms with Gasteiger partial charge in [0.05, 0.1) is 24.7 Å². The maximum atomic E-state index is 6.49. The molecule has 192 valence electrons. The lowest BCUT2D eigenvalue weighted by molar-refractivity contribution is 0.190. The summed E-state index contributed by atoms with van der Waals surface area (Å²) in [7, 11) is 0. The quantitative estimate of drug-likeness (QED) is 0.500. The van der Waals surface area contributed by atoms with Crippen molar-refractivity contribution in [2.45, 2.75) is 64.8 Å². The number of benzene rings is 2. The van der Waals surface area contributed by atoms with E-state index in [9.17, 15) is 0 Å². The molecule has 36 heavy (non-hydrogen) atoms. The summed E-state index contributed by atoms with van der Waals surface area (Å²) < 4.78 is 13.0. The molecule has 4 heterocycles.